The Balaban J connectivity index is 0. The molecule has 11 heavy (non-hydrogen) atoms. The van der Waals surface area contributed by atoms with Gasteiger partial charge in [0.15, 0.2) is 0 Å². The average Bonchev–Trinajstić information content (AvgIpc) is 1.90. The molecule has 0 saturated heterocycles. The molecule has 0 fully saturated rings. The lowest BCUT2D eigenvalue weighted by molar-refractivity contribution is -0.138. The molecule has 5 nitrogen and oxygen atoms in total. The number of aliphatic carboxylic acids is 1. The molecule has 0 amide bonds. The Morgan fingerprint density at radius 1 is 1.55 bits per heavy atom. The van der Waals surface area contributed by atoms with Crippen molar-refractivity contribution in [1.29, 1.82) is 0 Å². The zero-order chi connectivity index (χ0) is 9.28. The molecule has 68 valence electrons. The van der Waals surface area contributed by atoms with E-state index in [-0.39, 0.29) is 19.6 Å². The second-order valence-electron chi connectivity index (χ2n) is 1.77. The number of nitrogens with two attached hydrogens (primary N) is 1. The molecule has 0 aromatic rings. The summed E-state index contributed by atoms with van der Waals surface area (Å²) in [5.74, 6) is -1.07. The van der Waals surface area contributed by atoms with Gasteiger partial charge in [-0.05, 0) is 13.3 Å². The van der Waals surface area contributed by atoms with Crippen LogP contribution in [0.2, 0.25) is 0 Å². The van der Waals surface area contributed by atoms with Crippen molar-refractivity contribution in [2.75, 3.05) is 13.2 Å². The second-order valence-corrected chi connectivity index (χ2v) is 1.77. The van der Waals surface area contributed by atoms with E-state index in [1.165, 1.54) is 0 Å². The highest BCUT2D eigenvalue weighted by molar-refractivity contribution is 5.72. The van der Waals surface area contributed by atoms with Gasteiger partial charge in [0.25, 0.3) is 0 Å². The molecule has 0 heterocycles. The average molecular weight is 165 g/mol. The maximum Gasteiger partial charge on any atom is 0.320 e. The van der Waals surface area contributed by atoms with Crippen LogP contribution in [0.1, 0.15) is 13.3 Å². The summed E-state index contributed by atoms with van der Waals surface area (Å²) in [6.07, 6.45) is 0.120. The van der Waals surface area contributed by atoms with Gasteiger partial charge in [0.2, 0.25) is 0 Å². The van der Waals surface area contributed by atoms with Gasteiger partial charge in [-0.25, -0.2) is 0 Å². The number of carboxylic acid groups (broad SMARTS) is 1. The number of hydrogen-bond donors (Lipinski definition) is 4. The Kier molecular flexibility index (Phi) is 11.0. The lowest BCUT2D eigenvalue weighted by Crippen LogP contribution is -2.30. The standard InChI is InChI=1S/C4H9NO3.C2H6O/c5-3(1-2-6)4(7)8;1-2-3/h3,6H,1-2,5H2,(H,7,8);3H,2H2,1H3/t3-;/m0./s1. The van der Waals surface area contributed by atoms with Crippen molar-refractivity contribution < 1.29 is 20.1 Å². The van der Waals surface area contributed by atoms with E-state index in [9.17, 15) is 4.79 Å². The summed E-state index contributed by atoms with van der Waals surface area (Å²) in [5, 5.41) is 23.8. The molecule has 0 rings (SSSR count). The first kappa shape index (κ1) is 13.0. The quantitative estimate of drug-likeness (QED) is 0.419. The van der Waals surface area contributed by atoms with E-state index in [0.717, 1.165) is 0 Å². The van der Waals surface area contributed by atoms with Crippen LogP contribution in [0, 0.1) is 0 Å². The highest BCUT2D eigenvalue weighted by Crippen LogP contribution is 1.83. The molecule has 0 spiro atoms. The monoisotopic (exact) mass is 165 g/mol. The zero-order valence-electron chi connectivity index (χ0n) is 6.53. The molecule has 5 heteroatoms. The van der Waals surface area contributed by atoms with Crippen molar-refractivity contribution in [3.63, 3.8) is 0 Å². The van der Waals surface area contributed by atoms with E-state index in [1.807, 2.05) is 0 Å². The van der Waals surface area contributed by atoms with Crippen LogP contribution >= 0.6 is 0 Å². The third-order valence-electron chi connectivity index (χ3n) is 0.757. The van der Waals surface area contributed by atoms with Gasteiger partial charge >= 0.3 is 5.97 Å². The SMILES string of the molecule is CCO.N[C@@H](CCO)C(=O)O. The first-order valence-corrected chi connectivity index (χ1v) is 3.30. The lowest BCUT2D eigenvalue weighted by Gasteiger charge is -2.00. The molecule has 0 aliphatic carbocycles. The molecule has 0 unspecified atom stereocenters. The van der Waals surface area contributed by atoms with Crippen LogP contribution < -0.4 is 5.73 Å². The van der Waals surface area contributed by atoms with E-state index in [4.69, 9.17) is 21.1 Å². The fourth-order valence-corrected chi connectivity index (χ4v) is 0.263. The molecule has 0 aliphatic rings. The molecule has 0 aliphatic heterocycles. The van der Waals surface area contributed by atoms with Crippen LogP contribution in [0.4, 0.5) is 0 Å². The predicted molar refractivity (Wildman–Crippen MR) is 40.1 cm³/mol. The van der Waals surface area contributed by atoms with Crippen LogP contribution in [0.25, 0.3) is 0 Å². The summed E-state index contributed by atoms with van der Waals surface area (Å²) in [4.78, 5) is 9.85. The Morgan fingerprint density at radius 3 is 2.00 bits per heavy atom. The molecular formula is C6H15NO4. The smallest absolute Gasteiger partial charge is 0.320 e. The molecule has 0 radical (unpaired) electrons. The summed E-state index contributed by atoms with van der Waals surface area (Å²) >= 11 is 0. The van der Waals surface area contributed by atoms with E-state index < -0.39 is 12.0 Å². The number of carboxylic acids is 1. The minimum atomic E-state index is -1.07. The molecule has 0 saturated carbocycles. The molecule has 0 aromatic heterocycles. The Bertz CT molecular complexity index is 96.6. The highest BCUT2D eigenvalue weighted by atomic mass is 16.4. The molecule has 0 aromatic carbocycles. The predicted octanol–water partition coefficient (Wildman–Crippen LogP) is -1.22. The minimum Gasteiger partial charge on any atom is -0.480 e. The summed E-state index contributed by atoms with van der Waals surface area (Å²) < 4.78 is 0. The largest absolute Gasteiger partial charge is 0.480 e. The van der Waals surface area contributed by atoms with Crippen molar-refractivity contribution in [2.24, 2.45) is 5.73 Å². The molecule has 5 N–H and O–H groups in total. The fourth-order valence-electron chi connectivity index (χ4n) is 0.263. The van der Waals surface area contributed by atoms with E-state index >= 15 is 0 Å². The molecule has 1 atom stereocenters. The summed E-state index contributed by atoms with van der Waals surface area (Å²) in [7, 11) is 0. The summed E-state index contributed by atoms with van der Waals surface area (Å²) in [6, 6.07) is -0.917. The van der Waals surface area contributed by atoms with Crippen LogP contribution in [0.15, 0.2) is 0 Å². The zero-order valence-corrected chi connectivity index (χ0v) is 6.53. The number of aliphatic hydroxyl groups is 2. The molecular weight excluding hydrogens is 150 g/mol. The number of hydrogen-bond acceptors (Lipinski definition) is 4. The van der Waals surface area contributed by atoms with E-state index in [2.05, 4.69) is 0 Å². The Morgan fingerprint density at radius 2 is 1.91 bits per heavy atom. The first-order chi connectivity index (χ1) is 5.09. The van der Waals surface area contributed by atoms with Gasteiger partial charge in [-0.3, -0.25) is 4.79 Å². The van der Waals surface area contributed by atoms with Crippen molar-refractivity contribution >= 4 is 5.97 Å². The topological polar surface area (TPSA) is 104 Å². The summed E-state index contributed by atoms with van der Waals surface area (Å²) in [5.41, 5.74) is 4.97. The van der Waals surface area contributed by atoms with Crippen molar-refractivity contribution in [3.8, 4) is 0 Å². The third kappa shape index (κ3) is 12.5. The van der Waals surface area contributed by atoms with E-state index in [0.29, 0.717) is 0 Å². The Hall–Kier alpha value is -0.650. The van der Waals surface area contributed by atoms with Crippen LogP contribution in [0.3, 0.4) is 0 Å². The maximum absolute atomic E-state index is 9.85. The van der Waals surface area contributed by atoms with Gasteiger partial charge in [-0.15, -0.1) is 0 Å². The number of aliphatic hydroxyl groups excluding tert-OH is 2. The van der Waals surface area contributed by atoms with Gasteiger partial charge in [-0.2, -0.15) is 0 Å². The fraction of sp³-hybridized carbons (Fsp3) is 0.833. The van der Waals surface area contributed by atoms with Crippen LogP contribution in [-0.2, 0) is 4.79 Å². The highest BCUT2D eigenvalue weighted by Gasteiger charge is 2.08. The van der Waals surface area contributed by atoms with Crippen LogP contribution in [0.5, 0.6) is 0 Å². The Labute approximate surface area is 65.5 Å². The van der Waals surface area contributed by atoms with Crippen molar-refractivity contribution in [2.45, 2.75) is 19.4 Å². The summed E-state index contributed by atoms with van der Waals surface area (Å²) in [6.45, 7) is 1.76. The van der Waals surface area contributed by atoms with Gasteiger partial charge in [-0.1, -0.05) is 0 Å². The van der Waals surface area contributed by atoms with Gasteiger partial charge in [0, 0.05) is 13.2 Å². The van der Waals surface area contributed by atoms with Crippen molar-refractivity contribution in [3.05, 3.63) is 0 Å². The van der Waals surface area contributed by atoms with Gasteiger partial charge in [0.05, 0.1) is 0 Å². The number of rotatable bonds is 3. The minimum absolute atomic E-state index is 0.120. The maximum atomic E-state index is 9.85. The molecule has 0 bridgehead atoms. The second kappa shape index (κ2) is 9.35. The van der Waals surface area contributed by atoms with Crippen LogP contribution in [-0.4, -0.2) is 40.5 Å². The van der Waals surface area contributed by atoms with E-state index in [1.54, 1.807) is 6.92 Å². The third-order valence-corrected chi connectivity index (χ3v) is 0.757. The number of carbonyl (C=O) groups is 1. The lowest BCUT2D eigenvalue weighted by atomic mass is 10.2. The van der Waals surface area contributed by atoms with Crippen molar-refractivity contribution in [1.82, 2.24) is 0 Å². The van der Waals surface area contributed by atoms with Gasteiger partial charge in [0.1, 0.15) is 6.04 Å². The first-order valence-electron chi connectivity index (χ1n) is 3.30. The normalized spacial score (nSPS) is 11.3. The van der Waals surface area contributed by atoms with Gasteiger partial charge < -0.3 is 21.1 Å².